The fourth-order valence-electron chi connectivity index (χ4n) is 3.19. The van der Waals surface area contributed by atoms with Gasteiger partial charge in [-0.25, -0.2) is 4.79 Å². The van der Waals surface area contributed by atoms with Gasteiger partial charge in [0.15, 0.2) is 5.82 Å². The van der Waals surface area contributed by atoms with Crippen LogP contribution in [0.5, 0.6) is 5.75 Å². The Morgan fingerprint density at radius 2 is 2.00 bits per heavy atom. The third kappa shape index (κ3) is 3.44. The highest BCUT2D eigenvalue weighted by atomic mass is 32.1. The van der Waals surface area contributed by atoms with Crippen LogP contribution in [0.1, 0.15) is 12.7 Å². The summed E-state index contributed by atoms with van der Waals surface area (Å²) in [5, 5.41) is 13.4. The number of nitrogens with one attached hydrogen (secondary N) is 1. The molecule has 3 aromatic heterocycles. The van der Waals surface area contributed by atoms with Crippen LogP contribution in [0.4, 0.5) is 0 Å². The molecular weight excluding hydrogens is 406 g/mol. The van der Waals surface area contributed by atoms with Gasteiger partial charge in [0.05, 0.1) is 19.2 Å². The zero-order valence-electron chi connectivity index (χ0n) is 16.8. The SMILES string of the molecule is COC(=O)C(C)(COc1ccccc1)NCc1nnc2n(C)c(=O)c3sccc3n12. The van der Waals surface area contributed by atoms with Crippen molar-refractivity contribution in [1.29, 1.82) is 0 Å². The van der Waals surface area contributed by atoms with Crippen LogP contribution in [-0.2, 0) is 23.1 Å². The molecular formula is C20H21N5O4S. The number of carbonyl (C=O) groups excluding carboxylic acids is 1. The molecule has 1 aromatic carbocycles. The van der Waals surface area contributed by atoms with Crippen LogP contribution in [0.15, 0.2) is 46.6 Å². The van der Waals surface area contributed by atoms with Crippen LogP contribution < -0.4 is 15.6 Å². The van der Waals surface area contributed by atoms with Gasteiger partial charge in [0.1, 0.15) is 22.6 Å². The number of rotatable bonds is 7. The Morgan fingerprint density at radius 3 is 2.73 bits per heavy atom. The Morgan fingerprint density at radius 1 is 1.23 bits per heavy atom. The van der Waals surface area contributed by atoms with Gasteiger partial charge in [-0.2, -0.15) is 0 Å². The van der Waals surface area contributed by atoms with Crippen LogP contribution in [0.2, 0.25) is 0 Å². The van der Waals surface area contributed by atoms with Crippen molar-refractivity contribution in [3.05, 3.63) is 58.0 Å². The first-order valence-electron chi connectivity index (χ1n) is 9.26. The van der Waals surface area contributed by atoms with Gasteiger partial charge in [0.2, 0.25) is 5.78 Å². The smallest absolute Gasteiger partial charge is 0.329 e. The van der Waals surface area contributed by atoms with Crippen molar-refractivity contribution < 1.29 is 14.3 Å². The summed E-state index contributed by atoms with van der Waals surface area (Å²) in [5.41, 5.74) is -0.500. The topological polar surface area (TPSA) is 99.8 Å². The van der Waals surface area contributed by atoms with Crippen molar-refractivity contribution in [3.8, 4) is 5.75 Å². The zero-order chi connectivity index (χ0) is 21.3. The van der Waals surface area contributed by atoms with Gasteiger partial charge in [0.25, 0.3) is 5.56 Å². The minimum absolute atomic E-state index is 0.0623. The molecule has 1 unspecified atom stereocenters. The lowest BCUT2D eigenvalue weighted by Gasteiger charge is -2.27. The second-order valence-corrected chi connectivity index (χ2v) is 7.95. The van der Waals surface area contributed by atoms with E-state index in [0.29, 0.717) is 22.1 Å². The highest BCUT2D eigenvalue weighted by Crippen LogP contribution is 2.20. The number of hydrogen-bond donors (Lipinski definition) is 1. The minimum atomic E-state index is -1.12. The summed E-state index contributed by atoms with van der Waals surface area (Å²) < 4.78 is 14.7. The molecule has 0 aliphatic carbocycles. The van der Waals surface area contributed by atoms with E-state index in [4.69, 9.17) is 9.47 Å². The van der Waals surface area contributed by atoms with E-state index in [9.17, 15) is 9.59 Å². The number of esters is 1. The van der Waals surface area contributed by atoms with Crippen molar-refractivity contribution in [2.45, 2.75) is 19.0 Å². The molecule has 4 rings (SSSR count). The number of aromatic nitrogens is 4. The molecule has 156 valence electrons. The lowest BCUT2D eigenvalue weighted by atomic mass is 10.0. The van der Waals surface area contributed by atoms with Gasteiger partial charge in [-0.05, 0) is 30.5 Å². The van der Waals surface area contributed by atoms with Gasteiger partial charge in [-0.3, -0.25) is 19.1 Å². The molecule has 1 atom stereocenters. The Labute approximate surface area is 175 Å². The first-order chi connectivity index (χ1) is 14.4. The molecule has 10 heteroatoms. The number of fused-ring (bicyclic) bond motifs is 3. The largest absolute Gasteiger partial charge is 0.491 e. The number of benzene rings is 1. The van der Waals surface area contributed by atoms with E-state index < -0.39 is 11.5 Å². The maximum Gasteiger partial charge on any atom is 0.329 e. The first-order valence-corrected chi connectivity index (χ1v) is 10.1. The van der Waals surface area contributed by atoms with Crippen molar-refractivity contribution in [2.24, 2.45) is 7.05 Å². The molecule has 0 radical (unpaired) electrons. The maximum absolute atomic E-state index is 12.5. The van der Waals surface area contributed by atoms with Crippen molar-refractivity contribution in [3.63, 3.8) is 0 Å². The van der Waals surface area contributed by atoms with Crippen molar-refractivity contribution >= 4 is 33.3 Å². The average molecular weight is 427 g/mol. The van der Waals surface area contributed by atoms with Crippen LogP contribution in [0, 0.1) is 0 Å². The Bertz CT molecular complexity index is 1260. The molecule has 30 heavy (non-hydrogen) atoms. The number of aryl methyl sites for hydroxylation is 1. The summed E-state index contributed by atoms with van der Waals surface area (Å²) in [7, 11) is 3.00. The molecule has 9 nitrogen and oxygen atoms in total. The van der Waals surface area contributed by atoms with Gasteiger partial charge in [-0.1, -0.05) is 18.2 Å². The summed E-state index contributed by atoms with van der Waals surface area (Å²) in [5.74, 6) is 1.19. The lowest BCUT2D eigenvalue weighted by molar-refractivity contribution is -0.149. The fraction of sp³-hybridized carbons (Fsp3) is 0.300. The van der Waals surface area contributed by atoms with E-state index in [-0.39, 0.29) is 18.7 Å². The van der Waals surface area contributed by atoms with E-state index in [0.717, 1.165) is 5.52 Å². The van der Waals surface area contributed by atoms with E-state index in [1.807, 2.05) is 46.2 Å². The summed E-state index contributed by atoms with van der Waals surface area (Å²) in [6.07, 6.45) is 0. The first kappa shape index (κ1) is 20.0. The standard InChI is InChI=1S/C20H21N5O4S/c1-20(18(27)28-3,12-29-13-7-5-4-6-8-13)21-11-15-22-23-19-24(2)17(26)16-14(25(15)19)9-10-30-16/h4-10,21H,11-12H2,1-3H3. The number of hydrogen-bond acceptors (Lipinski definition) is 8. The van der Waals surface area contributed by atoms with Crippen LogP contribution in [0.25, 0.3) is 16.0 Å². The fourth-order valence-corrected chi connectivity index (χ4v) is 4.04. The van der Waals surface area contributed by atoms with E-state index in [1.165, 1.54) is 23.0 Å². The van der Waals surface area contributed by atoms with Gasteiger partial charge >= 0.3 is 5.97 Å². The van der Waals surface area contributed by atoms with Crippen molar-refractivity contribution in [2.75, 3.05) is 13.7 Å². The molecule has 0 spiro atoms. The second-order valence-electron chi connectivity index (χ2n) is 7.03. The molecule has 4 aromatic rings. The van der Waals surface area contributed by atoms with E-state index >= 15 is 0 Å². The van der Waals surface area contributed by atoms with Crippen LogP contribution in [-0.4, -0.2) is 44.4 Å². The number of thiophene rings is 1. The minimum Gasteiger partial charge on any atom is -0.491 e. The third-order valence-electron chi connectivity index (χ3n) is 4.94. The molecule has 0 saturated carbocycles. The molecule has 3 heterocycles. The molecule has 0 saturated heterocycles. The molecule has 0 fully saturated rings. The van der Waals surface area contributed by atoms with Gasteiger partial charge in [0, 0.05) is 7.05 Å². The Hall–Kier alpha value is -3.24. The summed E-state index contributed by atoms with van der Waals surface area (Å²) in [6.45, 7) is 1.99. The lowest BCUT2D eigenvalue weighted by Crippen LogP contribution is -2.54. The summed E-state index contributed by atoms with van der Waals surface area (Å²) in [4.78, 5) is 25.0. The maximum atomic E-state index is 12.5. The molecule has 1 N–H and O–H groups in total. The third-order valence-corrected chi connectivity index (χ3v) is 5.83. The predicted molar refractivity (Wildman–Crippen MR) is 113 cm³/mol. The highest BCUT2D eigenvalue weighted by Gasteiger charge is 2.35. The Kier molecular flexibility index (Phi) is 5.27. The molecule has 0 aliphatic heterocycles. The number of carbonyl (C=O) groups is 1. The van der Waals surface area contributed by atoms with E-state index in [2.05, 4.69) is 15.5 Å². The normalized spacial score (nSPS) is 13.4. The zero-order valence-corrected chi connectivity index (χ0v) is 17.6. The highest BCUT2D eigenvalue weighted by molar-refractivity contribution is 7.17. The number of ether oxygens (including phenoxy) is 2. The number of methoxy groups -OCH3 is 1. The predicted octanol–water partition coefficient (Wildman–Crippen LogP) is 1.74. The molecule has 0 bridgehead atoms. The average Bonchev–Trinajstić information content (AvgIpc) is 3.42. The van der Waals surface area contributed by atoms with Gasteiger partial charge in [-0.15, -0.1) is 21.5 Å². The molecule has 0 aliphatic rings. The summed E-state index contributed by atoms with van der Waals surface area (Å²) in [6, 6.07) is 11.1. The van der Waals surface area contributed by atoms with Crippen LogP contribution in [0.3, 0.4) is 0 Å². The number of para-hydroxylation sites is 1. The quantitative estimate of drug-likeness (QED) is 0.449. The van der Waals surface area contributed by atoms with Gasteiger partial charge < -0.3 is 9.47 Å². The second kappa shape index (κ2) is 7.88. The monoisotopic (exact) mass is 427 g/mol. The number of nitrogens with zero attached hydrogens (tertiary/aromatic N) is 4. The Balaban J connectivity index is 1.63. The summed E-state index contributed by atoms with van der Waals surface area (Å²) >= 11 is 1.37. The molecule has 0 amide bonds. The van der Waals surface area contributed by atoms with Crippen molar-refractivity contribution in [1.82, 2.24) is 24.5 Å². The van der Waals surface area contributed by atoms with E-state index in [1.54, 1.807) is 14.0 Å². The van der Waals surface area contributed by atoms with Crippen LogP contribution >= 0.6 is 11.3 Å².